The smallest absolute Gasteiger partial charge is 0.352 e. The first-order chi connectivity index (χ1) is 12.0. The number of aromatic nitrogens is 1. The summed E-state index contributed by atoms with van der Waals surface area (Å²) in [7, 11) is -3.73. The van der Waals surface area contributed by atoms with E-state index in [0.717, 1.165) is 16.6 Å². The minimum Gasteiger partial charge on any atom is -0.487 e. The number of anilines is 1. The zero-order valence-electron chi connectivity index (χ0n) is 12.9. The van der Waals surface area contributed by atoms with Crippen molar-refractivity contribution in [1.82, 2.24) is 9.71 Å². The van der Waals surface area contributed by atoms with Gasteiger partial charge in [0.1, 0.15) is 12.4 Å². The summed E-state index contributed by atoms with van der Waals surface area (Å²) in [5, 5.41) is 1.06. The standard InChI is InChI=1S/C17H13N3O4S/c21-17-19-25(22,23)20(17)14-7-9-15(10-8-14)24-11-13-6-5-12-3-1-2-4-16(12)18-13/h1-10H,11H2,(H,19,21). The number of hydrogen-bond acceptors (Lipinski definition) is 5. The van der Waals surface area contributed by atoms with Crippen molar-refractivity contribution in [2.75, 3.05) is 4.31 Å². The quantitative estimate of drug-likeness (QED) is 0.777. The Balaban J connectivity index is 1.47. The molecule has 7 nitrogen and oxygen atoms in total. The van der Waals surface area contributed by atoms with Gasteiger partial charge in [0, 0.05) is 5.39 Å². The van der Waals surface area contributed by atoms with Gasteiger partial charge in [-0.05, 0) is 36.4 Å². The number of carbonyl (C=O) groups is 1. The first kappa shape index (κ1) is 15.4. The van der Waals surface area contributed by atoms with Gasteiger partial charge in [0.25, 0.3) is 0 Å². The molecule has 0 radical (unpaired) electrons. The Morgan fingerprint density at radius 1 is 1.00 bits per heavy atom. The van der Waals surface area contributed by atoms with Crippen LogP contribution in [0.15, 0.2) is 60.7 Å². The predicted octanol–water partition coefficient (Wildman–Crippen LogP) is 2.59. The molecular formula is C17H13N3O4S. The lowest BCUT2D eigenvalue weighted by molar-refractivity contribution is 0.250. The molecule has 0 atom stereocenters. The Kier molecular flexibility index (Phi) is 3.54. The van der Waals surface area contributed by atoms with Gasteiger partial charge in [0.2, 0.25) is 0 Å². The number of urea groups is 1. The monoisotopic (exact) mass is 355 g/mol. The van der Waals surface area contributed by atoms with E-state index in [1.165, 1.54) is 12.1 Å². The molecular weight excluding hydrogens is 342 g/mol. The normalized spacial score (nSPS) is 15.5. The second-order valence-corrected chi connectivity index (χ2v) is 6.97. The number of rotatable bonds is 4. The van der Waals surface area contributed by atoms with Crippen molar-refractivity contribution in [1.29, 1.82) is 0 Å². The minimum absolute atomic E-state index is 0.264. The fraction of sp³-hybridized carbons (Fsp3) is 0.0588. The van der Waals surface area contributed by atoms with E-state index in [9.17, 15) is 13.2 Å². The summed E-state index contributed by atoms with van der Waals surface area (Å²) in [6, 6.07) is 17.3. The zero-order valence-corrected chi connectivity index (χ0v) is 13.7. The number of amides is 2. The topological polar surface area (TPSA) is 88.6 Å². The second kappa shape index (κ2) is 5.75. The number of benzene rings is 2. The molecule has 2 amide bonds. The van der Waals surface area contributed by atoms with Crippen molar-refractivity contribution in [3.63, 3.8) is 0 Å². The molecule has 4 rings (SSSR count). The van der Waals surface area contributed by atoms with Crippen LogP contribution in [0.2, 0.25) is 0 Å². The lowest BCUT2D eigenvalue weighted by Gasteiger charge is -2.30. The summed E-state index contributed by atoms with van der Waals surface area (Å²) in [4.78, 5) is 15.9. The van der Waals surface area contributed by atoms with Crippen molar-refractivity contribution < 1.29 is 17.9 Å². The molecule has 1 aliphatic heterocycles. The van der Waals surface area contributed by atoms with Crippen LogP contribution in [0.4, 0.5) is 10.5 Å². The number of fused-ring (bicyclic) bond motifs is 1. The summed E-state index contributed by atoms with van der Waals surface area (Å²) < 4.78 is 31.2. The highest BCUT2D eigenvalue weighted by Crippen LogP contribution is 2.25. The van der Waals surface area contributed by atoms with Gasteiger partial charge >= 0.3 is 16.2 Å². The molecule has 1 N–H and O–H groups in total. The van der Waals surface area contributed by atoms with E-state index in [2.05, 4.69) is 4.98 Å². The number of carbonyl (C=O) groups excluding carboxylic acids is 1. The Morgan fingerprint density at radius 3 is 2.48 bits per heavy atom. The van der Waals surface area contributed by atoms with E-state index in [1.807, 2.05) is 41.1 Å². The van der Waals surface area contributed by atoms with E-state index < -0.39 is 16.2 Å². The van der Waals surface area contributed by atoms with Crippen LogP contribution in [-0.4, -0.2) is 19.4 Å². The van der Waals surface area contributed by atoms with Crippen LogP contribution in [0.5, 0.6) is 5.75 Å². The van der Waals surface area contributed by atoms with Crippen LogP contribution in [0.3, 0.4) is 0 Å². The van der Waals surface area contributed by atoms with Crippen LogP contribution in [-0.2, 0) is 16.8 Å². The molecule has 0 aliphatic carbocycles. The number of nitrogens with one attached hydrogen (secondary N) is 1. The maximum atomic E-state index is 11.5. The molecule has 1 aliphatic rings. The first-order valence-corrected chi connectivity index (χ1v) is 8.91. The van der Waals surface area contributed by atoms with Crippen molar-refractivity contribution in [3.8, 4) is 5.75 Å². The predicted molar refractivity (Wildman–Crippen MR) is 92.4 cm³/mol. The SMILES string of the molecule is O=C1NS(=O)(=O)N1c1ccc(OCc2ccc3ccccc3n2)cc1. The summed E-state index contributed by atoms with van der Waals surface area (Å²) in [6.07, 6.45) is 0. The molecule has 2 aromatic carbocycles. The van der Waals surface area contributed by atoms with Crippen molar-refractivity contribution >= 4 is 32.8 Å². The van der Waals surface area contributed by atoms with Crippen LogP contribution < -0.4 is 13.8 Å². The summed E-state index contributed by atoms with van der Waals surface area (Å²) in [6.45, 7) is 0.284. The van der Waals surface area contributed by atoms with E-state index in [1.54, 1.807) is 12.1 Å². The number of pyridine rings is 1. The Hall–Kier alpha value is -3.13. The highest BCUT2D eigenvalue weighted by Gasteiger charge is 2.41. The van der Waals surface area contributed by atoms with Gasteiger partial charge in [-0.15, -0.1) is 0 Å². The molecule has 25 heavy (non-hydrogen) atoms. The summed E-state index contributed by atoms with van der Waals surface area (Å²) in [5.41, 5.74) is 1.94. The fourth-order valence-corrected chi connectivity index (χ4v) is 3.48. The summed E-state index contributed by atoms with van der Waals surface area (Å²) in [5.74, 6) is 0.553. The molecule has 126 valence electrons. The maximum Gasteiger partial charge on any atom is 0.352 e. The van der Waals surface area contributed by atoms with Crippen molar-refractivity contribution in [2.45, 2.75) is 6.61 Å². The molecule has 3 aromatic rings. The molecule has 0 unspecified atom stereocenters. The van der Waals surface area contributed by atoms with Gasteiger partial charge in [0.15, 0.2) is 0 Å². The molecule has 8 heteroatoms. The molecule has 1 saturated heterocycles. The first-order valence-electron chi connectivity index (χ1n) is 7.47. The van der Waals surface area contributed by atoms with Crippen molar-refractivity contribution in [3.05, 3.63) is 66.4 Å². The number of para-hydroxylation sites is 1. The zero-order chi connectivity index (χ0) is 17.4. The van der Waals surface area contributed by atoms with Gasteiger partial charge in [-0.2, -0.15) is 12.7 Å². The molecule has 0 bridgehead atoms. The van der Waals surface area contributed by atoms with E-state index in [-0.39, 0.29) is 12.3 Å². The third-order valence-electron chi connectivity index (χ3n) is 3.76. The second-order valence-electron chi connectivity index (χ2n) is 5.45. The number of hydrogen-bond donors (Lipinski definition) is 1. The maximum absolute atomic E-state index is 11.5. The molecule has 1 aromatic heterocycles. The third kappa shape index (κ3) is 2.87. The average Bonchev–Trinajstić information content (AvgIpc) is 2.60. The van der Waals surface area contributed by atoms with Crippen LogP contribution in [0.1, 0.15) is 5.69 Å². The Bertz CT molecular complexity index is 1060. The van der Waals surface area contributed by atoms with Gasteiger partial charge in [-0.3, -0.25) is 0 Å². The van der Waals surface area contributed by atoms with Crippen LogP contribution in [0.25, 0.3) is 10.9 Å². The average molecular weight is 355 g/mol. The third-order valence-corrected chi connectivity index (χ3v) is 5.05. The van der Waals surface area contributed by atoms with Gasteiger partial charge in [-0.1, -0.05) is 24.3 Å². The Morgan fingerprint density at radius 2 is 1.76 bits per heavy atom. The number of ether oxygens (including phenoxy) is 1. The van der Waals surface area contributed by atoms with Gasteiger partial charge < -0.3 is 4.74 Å². The highest BCUT2D eigenvalue weighted by molar-refractivity contribution is 7.94. The minimum atomic E-state index is -3.73. The largest absolute Gasteiger partial charge is 0.487 e. The summed E-state index contributed by atoms with van der Waals surface area (Å²) >= 11 is 0. The number of nitrogens with zero attached hydrogens (tertiary/aromatic N) is 2. The Labute approximate surface area is 144 Å². The van der Waals surface area contributed by atoms with Gasteiger partial charge in [-0.25, -0.2) is 14.5 Å². The lowest BCUT2D eigenvalue weighted by Crippen LogP contribution is -2.61. The van der Waals surface area contributed by atoms with Gasteiger partial charge in [0.05, 0.1) is 16.9 Å². The molecule has 2 heterocycles. The molecule has 1 fully saturated rings. The van der Waals surface area contributed by atoms with Crippen LogP contribution >= 0.6 is 0 Å². The van der Waals surface area contributed by atoms with Crippen molar-refractivity contribution in [2.24, 2.45) is 0 Å². The van der Waals surface area contributed by atoms with Crippen LogP contribution in [0, 0.1) is 0 Å². The fourth-order valence-electron chi connectivity index (χ4n) is 2.55. The van der Waals surface area contributed by atoms with E-state index >= 15 is 0 Å². The van der Waals surface area contributed by atoms with E-state index in [0.29, 0.717) is 10.1 Å². The molecule has 0 saturated carbocycles. The van der Waals surface area contributed by atoms with E-state index in [4.69, 9.17) is 4.74 Å². The highest BCUT2D eigenvalue weighted by atomic mass is 32.2. The lowest BCUT2D eigenvalue weighted by atomic mass is 10.2. The molecule has 0 spiro atoms.